The van der Waals surface area contributed by atoms with Crippen LogP contribution in [0.1, 0.15) is 18.9 Å². The molecule has 3 rings (SSSR count). The van der Waals surface area contributed by atoms with Gasteiger partial charge in [-0.3, -0.25) is 4.68 Å². The van der Waals surface area contributed by atoms with Crippen LogP contribution in [0.25, 0.3) is 5.69 Å². The number of aliphatic imine (C=N–C) groups is 1. The van der Waals surface area contributed by atoms with E-state index >= 15 is 0 Å². The Bertz CT molecular complexity index is 781. The van der Waals surface area contributed by atoms with Crippen molar-refractivity contribution in [1.29, 1.82) is 0 Å². The van der Waals surface area contributed by atoms with Crippen molar-refractivity contribution >= 4 is 29.9 Å². The van der Waals surface area contributed by atoms with Gasteiger partial charge in [0.1, 0.15) is 12.7 Å². The Labute approximate surface area is 176 Å². The number of guanidine groups is 1. The van der Waals surface area contributed by atoms with E-state index in [2.05, 4.69) is 49.9 Å². The summed E-state index contributed by atoms with van der Waals surface area (Å²) < 4.78 is 3.67. The van der Waals surface area contributed by atoms with Crippen molar-refractivity contribution in [2.24, 2.45) is 4.99 Å². The highest BCUT2D eigenvalue weighted by atomic mass is 127. The highest BCUT2D eigenvalue weighted by molar-refractivity contribution is 14.0. The van der Waals surface area contributed by atoms with Gasteiger partial charge in [-0.2, -0.15) is 10.2 Å². The second-order valence-electron chi connectivity index (χ2n) is 5.75. The van der Waals surface area contributed by atoms with Crippen molar-refractivity contribution in [3.8, 4) is 5.69 Å². The minimum absolute atomic E-state index is 0. The fourth-order valence-corrected chi connectivity index (χ4v) is 2.49. The molecule has 0 spiro atoms. The molecule has 0 saturated carbocycles. The molecule has 0 amide bonds. The minimum atomic E-state index is 0. The first-order chi connectivity index (χ1) is 12.8. The molecule has 9 heteroatoms. The van der Waals surface area contributed by atoms with E-state index in [0.717, 1.165) is 43.3 Å². The predicted molar refractivity (Wildman–Crippen MR) is 116 cm³/mol. The third kappa shape index (κ3) is 6.66. The molecule has 0 aliphatic rings. The molecule has 0 fully saturated rings. The Morgan fingerprint density at radius 3 is 2.67 bits per heavy atom. The molecule has 0 saturated heterocycles. The molecule has 0 radical (unpaired) electrons. The maximum Gasteiger partial charge on any atom is 0.191 e. The van der Waals surface area contributed by atoms with Crippen molar-refractivity contribution in [2.45, 2.75) is 26.4 Å². The second-order valence-corrected chi connectivity index (χ2v) is 5.75. The van der Waals surface area contributed by atoms with Crippen LogP contribution in [0.3, 0.4) is 0 Å². The van der Waals surface area contributed by atoms with Gasteiger partial charge in [0.25, 0.3) is 0 Å². The van der Waals surface area contributed by atoms with Crippen molar-refractivity contribution < 1.29 is 0 Å². The quantitative estimate of drug-likeness (QED) is 0.224. The monoisotopic (exact) mass is 480 g/mol. The Hall–Kier alpha value is -2.43. The zero-order chi connectivity index (χ0) is 18.0. The third-order valence-corrected chi connectivity index (χ3v) is 3.80. The molecule has 3 aromatic rings. The summed E-state index contributed by atoms with van der Waals surface area (Å²) >= 11 is 0. The van der Waals surface area contributed by atoms with Crippen LogP contribution >= 0.6 is 24.0 Å². The van der Waals surface area contributed by atoms with E-state index in [1.54, 1.807) is 17.2 Å². The van der Waals surface area contributed by atoms with Crippen molar-refractivity contribution in [3.05, 3.63) is 60.9 Å². The number of aromatic nitrogens is 5. The summed E-state index contributed by atoms with van der Waals surface area (Å²) in [4.78, 5) is 8.61. The van der Waals surface area contributed by atoms with E-state index in [-0.39, 0.29) is 24.0 Å². The number of aryl methyl sites for hydroxylation is 1. The molecule has 1 aromatic carbocycles. The molecule has 2 aromatic heterocycles. The fourth-order valence-electron chi connectivity index (χ4n) is 2.49. The Balaban J connectivity index is 0.00000261. The van der Waals surface area contributed by atoms with Gasteiger partial charge in [-0.25, -0.2) is 14.7 Å². The van der Waals surface area contributed by atoms with E-state index in [9.17, 15) is 0 Å². The van der Waals surface area contributed by atoms with Gasteiger partial charge < -0.3 is 10.6 Å². The third-order valence-electron chi connectivity index (χ3n) is 3.80. The van der Waals surface area contributed by atoms with Crippen molar-refractivity contribution in [3.63, 3.8) is 0 Å². The summed E-state index contributed by atoms with van der Waals surface area (Å²) in [7, 11) is 0. The lowest BCUT2D eigenvalue weighted by Gasteiger charge is -2.11. The molecule has 0 aliphatic carbocycles. The standard InChI is InChI=1S/C18H24N8.HI/c1-2-20-18(21-9-3-11-25-12-4-10-23-25)22-13-16-5-7-17(8-6-16)26-15-19-14-24-26;/h4-8,10,12,14-15H,2-3,9,11,13H2,1H3,(H2,20,21,22);1H. The zero-order valence-electron chi connectivity index (χ0n) is 15.3. The maximum absolute atomic E-state index is 4.65. The SMILES string of the molecule is CCNC(=NCc1ccc(-n2cncn2)cc1)NCCCn1cccn1.I. The predicted octanol–water partition coefficient (Wildman–Crippen LogP) is 2.23. The molecule has 8 nitrogen and oxygen atoms in total. The molecule has 0 atom stereocenters. The summed E-state index contributed by atoms with van der Waals surface area (Å²) in [6.45, 7) is 5.25. The molecular weight excluding hydrogens is 455 g/mol. The lowest BCUT2D eigenvalue weighted by molar-refractivity contribution is 0.570. The van der Waals surface area contributed by atoms with Crippen LogP contribution in [-0.4, -0.2) is 43.6 Å². The van der Waals surface area contributed by atoms with Gasteiger partial charge in [0, 0.05) is 32.0 Å². The van der Waals surface area contributed by atoms with Crippen LogP contribution < -0.4 is 10.6 Å². The normalized spacial score (nSPS) is 11.1. The first-order valence-electron chi connectivity index (χ1n) is 8.78. The summed E-state index contributed by atoms with van der Waals surface area (Å²) in [6, 6.07) is 10.1. The lowest BCUT2D eigenvalue weighted by Crippen LogP contribution is -2.38. The number of hydrogen-bond acceptors (Lipinski definition) is 4. The van der Waals surface area contributed by atoms with Crippen LogP contribution in [0.4, 0.5) is 0 Å². The van der Waals surface area contributed by atoms with Crippen LogP contribution in [-0.2, 0) is 13.1 Å². The molecule has 0 unspecified atom stereocenters. The molecule has 2 heterocycles. The topological polar surface area (TPSA) is 85.0 Å². The first-order valence-corrected chi connectivity index (χ1v) is 8.78. The fraction of sp³-hybridized carbons (Fsp3) is 0.333. The van der Waals surface area contributed by atoms with E-state index in [0.29, 0.717) is 6.54 Å². The van der Waals surface area contributed by atoms with Crippen LogP contribution in [0.5, 0.6) is 0 Å². The average Bonchev–Trinajstić information content (AvgIpc) is 3.37. The number of rotatable bonds is 8. The highest BCUT2D eigenvalue weighted by Gasteiger charge is 2.00. The van der Waals surface area contributed by atoms with E-state index in [1.165, 1.54) is 6.33 Å². The van der Waals surface area contributed by atoms with Crippen LogP contribution in [0.2, 0.25) is 0 Å². The second kappa shape index (κ2) is 11.3. The van der Waals surface area contributed by atoms with E-state index in [1.807, 2.05) is 29.1 Å². The van der Waals surface area contributed by atoms with E-state index in [4.69, 9.17) is 0 Å². The molecule has 0 bridgehead atoms. The van der Waals surface area contributed by atoms with E-state index < -0.39 is 0 Å². The van der Waals surface area contributed by atoms with Crippen molar-refractivity contribution in [2.75, 3.05) is 13.1 Å². The molecule has 144 valence electrons. The Morgan fingerprint density at radius 2 is 2.00 bits per heavy atom. The van der Waals surface area contributed by atoms with Crippen molar-refractivity contribution in [1.82, 2.24) is 35.2 Å². The summed E-state index contributed by atoms with van der Waals surface area (Å²) in [5, 5.41) is 15.0. The van der Waals surface area contributed by atoms with Gasteiger partial charge in [0.2, 0.25) is 0 Å². The number of benzene rings is 1. The number of nitrogens with zero attached hydrogens (tertiary/aromatic N) is 6. The maximum atomic E-state index is 4.65. The molecular formula is C18H25IN8. The van der Waals surface area contributed by atoms with Crippen LogP contribution in [0.15, 0.2) is 60.4 Å². The summed E-state index contributed by atoms with van der Waals surface area (Å²) in [5.41, 5.74) is 2.13. The van der Waals surface area contributed by atoms with Gasteiger partial charge >= 0.3 is 0 Å². The Kier molecular flexibility index (Phi) is 8.75. The first kappa shape index (κ1) is 20.9. The number of hydrogen-bond donors (Lipinski definition) is 2. The van der Waals surface area contributed by atoms with Crippen LogP contribution in [0, 0.1) is 0 Å². The minimum Gasteiger partial charge on any atom is -0.357 e. The molecule has 2 N–H and O–H groups in total. The lowest BCUT2D eigenvalue weighted by atomic mass is 10.2. The van der Waals surface area contributed by atoms with Gasteiger partial charge in [-0.05, 0) is 37.1 Å². The summed E-state index contributed by atoms with van der Waals surface area (Å²) in [5.74, 6) is 0.827. The smallest absolute Gasteiger partial charge is 0.191 e. The molecule has 27 heavy (non-hydrogen) atoms. The van der Waals surface area contributed by atoms with Gasteiger partial charge in [-0.1, -0.05) is 12.1 Å². The number of nitrogens with one attached hydrogen (secondary N) is 2. The zero-order valence-corrected chi connectivity index (χ0v) is 17.7. The largest absolute Gasteiger partial charge is 0.357 e. The molecule has 0 aliphatic heterocycles. The number of halogens is 1. The summed E-state index contributed by atoms with van der Waals surface area (Å²) in [6.07, 6.45) is 7.97. The van der Waals surface area contributed by atoms with Gasteiger partial charge in [-0.15, -0.1) is 24.0 Å². The Morgan fingerprint density at radius 1 is 1.15 bits per heavy atom. The van der Waals surface area contributed by atoms with Gasteiger partial charge in [0.05, 0.1) is 12.2 Å². The highest BCUT2D eigenvalue weighted by Crippen LogP contribution is 2.08. The van der Waals surface area contributed by atoms with Gasteiger partial charge in [0.15, 0.2) is 5.96 Å². The average molecular weight is 480 g/mol.